The van der Waals surface area contributed by atoms with Gasteiger partial charge in [-0.15, -0.1) is 6.58 Å². The normalized spacial score (nSPS) is 12.3. The zero-order valence-electron chi connectivity index (χ0n) is 33.0. The molecule has 0 aromatic rings. The van der Waals surface area contributed by atoms with Crippen molar-refractivity contribution < 1.29 is 9.90 Å². The smallest absolute Gasteiger partial charge is 0.303 e. The molecule has 0 bridgehead atoms. The maximum absolute atomic E-state index is 10.5. The molecule has 0 spiro atoms. The number of unbranched alkanes of at least 4 members (excludes halogenated alkanes) is 22. The average Bonchev–Trinajstić information content (AvgIpc) is 3.07. The zero-order chi connectivity index (χ0) is 35.9. The van der Waals surface area contributed by atoms with E-state index in [0.29, 0.717) is 6.42 Å². The van der Waals surface area contributed by atoms with Gasteiger partial charge in [0, 0.05) is 6.42 Å². The Bertz CT molecular complexity index is 818. The Morgan fingerprint density at radius 2 is 0.878 bits per heavy atom. The van der Waals surface area contributed by atoms with Crippen LogP contribution in [0.25, 0.3) is 0 Å². The second-order valence-electron chi connectivity index (χ2n) is 15.2. The van der Waals surface area contributed by atoms with Crippen LogP contribution < -0.4 is 0 Å². The molecule has 0 aromatic heterocycles. The van der Waals surface area contributed by atoms with Crippen LogP contribution in [0.5, 0.6) is 0 Å². The van der Waals surface area contributed by atoms with Crippen molar-refractivity contribution in [3.05, 3.63) is 61.3 Å². The predicted molar refractivity (Wildman–Crippen MR) is 221 cm³/mol. The third-order valence-corrected chi connectivity index (χ3v) is 10.1. The summed E-state index contributed by atoms with van der Waals surface area (Å²) >= 11 is 0. The van der Waals surface area contributed by atoms with Crippen molar-refractivity contribution in [3.63, 3.8) is 0 Å². The van der Waals surface area contributed by atoms with Crippen LogP contribution in [0.1, 0.15) is 225 Å². The summed E-state index contributed by atoms with van der Waals surface area (Å²) in [6.07, 6.45) is 54.5. The summed E-state index contributed by atoms with van der Waals surface area (Å²) < 4.78 is 0. The minimum atomic E-state index is -0.663. The van der Waals surface area contributed by atoms with Crippen molar-refractivity contribution in [1.29, 1.82) is 0 Å². The largest absolute Gasteiger partial charge is 0.481 e. The van der Waals surface area contributed by atoms with Crippen molar-refractivity contribution in [2.45, 2.75) is 225 Å². The molecule has 2 nitrogen and oxygen atoms in total. The van der Waals surface area contributed by atoms with Gasteiger partial charge in [0.1, 0.15) is 0 Å². The maximum atomic E-state index is 10.5. The van der Waals surface area contributed by atoms with Gasteiger partial charge in [0.25, 0.3) is 0 Å². The standard InChI is InChI=1S/C47H84O2/c1-5-37-44(3)39-33-29-25-21-17-13-9-7-10-14-18-22-26-30-34-40-46(43-45(4)38-6-2)41-35-31-27-23-19-15-11-8-12-16-20-24-28-32-36-42-47(48)49/h5,7-9,12,46H,1,3-4,6,10-11,13-43H2,2H3,(H,48,49)/b9-7-,12-8-. The summed E-state index contributed by atoms with van der Waals surface area (Å²) in [6.45, 7) is 14.6. The maximum Gasteiger partial charge on any atom is 0.303 e. The summed E-state index contributed by atoms with van der Waals surface area (Å²) in [4.78, 5) is 10.5. The van der Waals surface area contributed by atoms with Crippen molar-refractivity contribution >= 4 is 5.97 Å². The number of aliphatic carboxylic acids is 1. The molecule has 0 aromatic carbocycles. The van der Waals surface area contributed by atoms with E-state index in [1.165, 1.54) is 204 Å². The minimum Gasteiger partial charge on any atom is -0.481 e. The van der Waals surface area contributed by atoms with Gasteiger partial charge in [0.2, 0.25) is 0 Å². The van der Waals surface area contributed by atoms with Gasteiger partial charge in [-0.3, -0.25) is 4.79 Å². The number of rotatable bonds is 40. The number of carboxylic acid groups (broad SMARTS) is 1. The highest BCUT2D eigenvalue weighted by atomic mass is 16.4. The highest BCUT2D eigenvalue weighted by Crippen LogP contribution is 2.26. The average molecular weight is 681 g/mol. The first kappa shape index (κ1) is 47.2. The lowest BCUT2D eigenvalue weighted by Crippen LogP contribution is -2.03. The van der Waals surface area contributed by atoms with Gasteiger partial charge in [0.05, 0.1) is 0 Å². The van der Waals surface area contributed by atoms with Crippen LogP contribution in [0.15, 0.2) is 61.3 Å². The first-order valence-electron chi connectivity index (χ1n) is 21.5. The lowest BCUT2D eigenvalue weighted by molar-refractivity contribution is -0.137. The molecule has 1 unspecified atom stereocenters. The molecule has 49 heavy (non-hydrogen) atoms. The van der Waals surface area contributed by atoms with Crippen LogP contribution in [0, 0.1) is 5.92 Å². The summed E-state index contributed by atoms with van der Waals surface area (Å²) in [5, 5.41) is 8.68. The second-order valence-corrected chi connectivity index (χ2v) is 15.2. The van der Waals surface area contributed by atoms with E-state index in [4.69, 9.17) is 5.11 Å². The molecule has 0 radical (unpaired) electrons. The van der Waals surface area contributed by atoms with Crippen molar-refractivity contribution in [2.24, 2.45) is 5.92 Å². The summed E-state index contributed by atoms with van der Waals surface area (Å²) in [5.41, 5.74) is 2.83. The van der Waals surface area contributed by atoms with Gasteiger partial charge in [-0.25, -0.2) is 0 Å². The van der Waals surface area contributed by atoms with E-state index in [1.54, 1.807) is 0 Å². The Morgan fingerprint density at radius 3 is 1.27 bits per heavy atom. The molecule has 0 aliphatic carbocycles. The molecule has 284 valence electrons. The van der Waals surface area contributed by atoms with E-state index in [2.05, 4.69) is 51.0 Å². The van der Waals surface area contributed by atoms with Gasteiger partial charge in [-0.2, -0.15) is 0 Å². The third-order valence-electron chi connectivity index (χ3n) is 10.1. The van der Waals surface area contributed by atoms with Gasteiger partial charge in [-0.05, 0) is 95.8 Å². The molecule has 0 saturated carbocycles. The fourth-order valence-electron chi connectivity index (χ4n) is 7.03. The molecule has 2 heteroatoms. The molecular weight excluding hydrogens is 597 g/mol. The number of carbonyl (C=O) groups is 1. The molecule has 0 amide bonds. The molecular formula is C47H84O2. The van der Waals surface area contributed by atoms with Crippen LogP contribution in [0.4, 0.5) is 0 Å². The molecule has 1 N–H and O–H groups in total. The Kier molecular flexibility index (Phi) is 37.5. The van der Waals surface area contributed by atoms with Crippen molar-refractivity contribution in [2.75, 3.05) is 0 Å². The fraction of sp³-hybridized carbons (Fsp3) is 0.766. The van der Waals surface area contributed by atoms with Gasteiger partial charge < -0.3 is 5.11 Å². The number of hydrogen-bond acceptors (Lipinski definition) is 1. The van der Waals surface area contributed by atoms with Gasteiger partial charge in [-0.1, -0.05) is 184 Å². The second kappa shape index (κ2) is 39.0. The van der Waals surface area contributed by atoms with Crippen LogP contribution in [0.3, 0.4) is 0 Å². The number of allylic oxidation sites excluding steroid dienone is 7. The topological polar surface area (TPSA) is 37.3 Å². The highest BCUT2D eigenvalue weighted by Gasteiger charge is 2.10. The molecule has 1 atom stereocenters. The van der Waals surface area contributed by atoms with Crippen LogP contribution >= 0.6 is 0 Å². The predicted octanol–water partition coefficient (Wildman–Crippen LogP) is 16.4. The van der Waals surface area contributed by atoms with Crippen LogP contribution in [-0.4, -0.2) is 11.1 Å². The molecule has 0 fully saturated rings. The minimum absolute atomic E-state index is 0.325. The number of carboxylic acids is 1. The van der Waals surface area contributed by atoms with E-state index >= 15 is 0 Å². The van der Waals surface area contributed by atoms with Crippen molar-refractivity contribution in [1.82, 2.24) is 0 Å². The van der Waals surface area contributed by atoms with E-state index in [9.17, 15) is 4.79 Å². The fourth-order valence-corrected chi connectivity index (χ4v) is 7.03. The Balaban J connectivity index is 3.73. The molecule has 0 aliphatic rings. The molecule has 0 heterocycles. The first-order chi connectivity index (χ1) is 24.0. The van der Waals surface area contributed by atoms with Crippen molar-refractivity contribution in [3.8, 4) is 0 Å². The van der Waals surface area contributed by atoms with Gasteiger partial charge in [0.15, 0.2) is 0 Å². The van der Waals surface area contributed by atoms with E-state index in [0.717, 1.165) is 25.2 Å². The van der Waals surface area contributed by atoms with Crippen LogP contribution in [-0.2, 0) is 4.79 Å². The lowest BCUT2D eigenvalue weighted by Gasteiger charge is -2.18. The van der Waals surface area contributed by atoms with E-state index in [-0.39, 0.29) is 0 Å². The highest BCUT2D eigenvalue weighted by molar-refractivity contribution is 5.66. The zero-order valence-corrected chi connectivity index (χ0v) is 33.0. The third kappa shape index (κ3) is 38.8. The monoisotopic (exact) mass is 681 g/mol. The quantitative estimate of drug-likeness (QED) is 0.0516. The summed E-state index contributed by atoms with van der Waals surface area (Å²) in [7, 11) is 0. The van der Waals surface area contributed by atoms with Gasteiger partial charge >= 0.3 is 5.97 Å². The molecule has 0 aliphatic heterocycles. The van der Waals surface area contributed by atoms with E-state index < -0.39 is 5.97 Å². The Hall–Kier alpha value is -1.83. The lowest BCUT2D eigenvalue weighted by atomic mass is 9.88. The Labute approximate surface area is 307 Å². The SMILES string of the molecule is C=CCC(=C)CCCCCCC/C=C\CCCCCCCCC(CCCCCCCC/C=C\CCCCCCCC(=O)O)CC(=C)CCC. The number of hydrogen-bond donors (Lipinski definition) is 1. The van der Waals surface area contributed by atoms with E-state index in [1.807, 2.05) is 6.08 Å². The molecule has 0 rings (SSSR count). The summed E-state index contributed by atoms with van der Waals surface area (Å²) in [5.74, 6) is 0.199. The van der Waals surface area contributed by atoms with Crippen LogP contribution in [0.2, 0.25) is 0 Å². The molecule has 0 saturated heterocycles. The summed E-state index contributed by atoms with van der Waals surface area (Å²) in [6, 6.07) is 0. The first-order valence-corrected chi connectivity index (χ1v) is 21.5. The Morgan fingerprint density at radius 1 is 0.510 bits per heavy atom.